The Hall–Kier alpha value is -1.62. The van der Waals surface area contributed by atoms with Crippen LogP contribution >= 0.6 is 0 Å². The standard InChI is InChI=1S/C13H19N3O2/c1-10-11(4-2-6-14-10)8-15-13(17)16-9-12-5-3-7-18-12/h2,4,6,12H,3,5,7-9H2,1H3,(H2,15,16,17). The van der Waals surface area contributed by atoms with Crippen LogP contribution in [0.1, 0.15) is 24.1 Å². The number of nitrogens with one attached hydrogen (secondary N) is 2. The van der Waals surface area contributed by atoms with Gasteiger partial charge in [0.15, 0.2) is 0 Å². The average Bonchev–Trinajstić information content (AvgIpc) is 2.88. The third kappa shape index (κ3) is 3.70. The van der Waals surface area contributed by atoms with E-state index in [-0.39, 0.29) is 12.1 Å². The van der Waals surface area contributed by atoms with Gasteiger partial charge >= 0.3 is 6.03 Å². The number of hydrogen-bond acceptors (Lipinski definition) is 3. The van der Waals surface area contributed by atoms with Gasteiger partial charge in [0.05, 0.1) is 6.10 Å². The molecule has 1 aliphatic rings. The molecule has 1 fully saturated rings. The maximum absolute atomic E-state index is 11.6. The van der Waals surface area contributed by atoms with E-state index in [1.165, 1.54) is 0 Å². The Kier molecular flexibility index (Phi) is 4.52. The van der Waals surface area contributed by atoms with Crippen LogP contribution in [-0.2, 0) is 11.3 Å². The van der Waals surface area contributed by atoms with Gasteiger partial charge in [0, 0.05) is 31.6 Å². The van der Waals surface area contributed by atoms with Crippen molar-refractivity contribution >= 4 is 6.03 Å². The molecule has 0 radical (unpaired) electrons. The van der Waals surface area contributed by atoms with E-state index in [0.29, 0.717) is 13.1 Å². The van der Waals surface area contributed by atoms with Crippen LogP contribution in [0.4, 0.5) is 4.79 Å². The van der Waals surface area contributed by atoms with Crippen molar-refractivity contribution in [3.63, 3.8) is 0 Å². The van der Waals surface area contributed by atoms with E-state index in [9.17, 15) is 4.79 Å². The van der Waals surface area contributed by atoms with Crippen molar-refractivity contribution in [1.82, 2.24) is 15.6 Å². The molecule has 1 unspecified atom stereocenters. The van der Waals surface area contributed by atoms with Crippen molar-refractivity contribution in [2.45, 2.75) is 32.4 Å². The van der Waals surface area contributed by atoms with E-state index in [1.807, 2.05) is 19.1 Å². The van der Waals surface area contributed by atoms with Crippen molar-refractivity contribution in [3.8, 4) is 0 Å². The molecule has 98 valence electrons. The molecule has 5 nitrogen and oxygen atoms in total. The summed E-state index contributed by atoms with van der Waals surface area (Å²) in [4.78, 5) is 15.8. The number of nitrogens with zero attached hydrogens (tertiary/aromatic N) is 1. The second kappa shape index (κ2) is 6.35. The Morgan fingerprint density at radius 2 is 2.44 bits per heavy atom. The predicted octanol–water partition coefficient (Wildman–Crippen LogP) is 1.37. The lowest BCUT2D eigenvalue weighted by Gasteiger charge is -2.12. The molecule has 18 heavy (non-hydrogen) atoms. The fourth-order valence-electron chi connectivity index (χ4n) is 1.95. The van der Waals surface area contributed by atoms with Gasteiger partial charge in [-0.1, -0.05) is 6.07 Å². The van der Waals surface area contributed by atoms with Gasteiger partial charge in [-0.15, -0.1) is 0 Å². The Morgan fingerprint density at radius 3 is 3.17 bits per heavy atom. The van der Waals surface area contributed by atoms with Crippen molar-refractivity contribution in [1.29, 1.82) is 0 Å². The van der Waals surface area contributed by atoms with Crippen LogP contribution in [0.25, 0.3) is 0 Å². The highest BCUT2D eigenvalue weighted by Gasteiger charge is 2.15. The molecule has 2 amide bonds. The summed E-state index contributed by atoms with van der Waals surface area (Å²) in [5, 5.41) is 5.64. The molecule has 0 aliphatic carbocycles. The predicted molar refractivity (Wildman–Crippen MR) is 68.2 cm³/mol. The van der Waals surface area contributed by atoms with E-state index in [2.05, 4.69) is 15.6 Å². The number of aromatic nitrogens is 1. The van der Waals surface area contributed by atoms with Crippen LogP contribution < -0.4 is 10.6 Å². The summed E-state index contributed by atoms with van der Waals surface area (Å²) in [6, 6.07) is 3.67. The molecule has 1 atom stereocenters. The molecule has 1 aromatic rings. The van der Waals surface area contributed by atoms with Gasteiger partial charge in [-0.2, -0.15) is 0 Å². The van der Waals surface area contributed by atoms with Gasteiger partial charge < -0.3 is 15.4 Å². The lowest BCUT2D eigenvalue weighted by Crippen LogP contribution is -2.39. The number of carbonyl (C=O) groups is 1. The summed E-state index contributed by atoms with van der Waals surface area (Å²) < 4.78 is 5.43. The van der Waals surface area contributed by atoms with Crippen LogP contribution in [0.3, 0.4) is 0 Å². The average molecular weight is 249 g/mol. The topological polar surface area (TPSA) is 63.2 Å². The molecule has 2 heterocycles. The van der Waals surface area contributed by atoms with Gasteiger partial charge in [-0.3, -0.25) is 4.98 Å². The van der Waals surface area contributed by atoms with E-state index in [1.54, 1.807) is 6.20 Å². The minimum atomic E-state index is -0.159. The minimum absolute atomic E-state index is 0.159. The first-order chi connectivity index (χ1) is 8.75. The van der Waals surface area contributed by atoms with Crippen LogP contribution in [-0.4, -0.2) is 30.3 Å². The number of urea groups is 1. The third-order valence-electron chi connectivity index (χ3n) is 3.07. The number of aryl methyl sites for hydroxylation is 1. The van der Waals surface area contributed by atoms with Gasteiger partial charge in [-0.25, -0.2) is 4.79 Å². The van der Waals surface area contributed by atoms with Gasteiger partial charge in [-0.05, 0) is 31.4 Å². The minimum Gasteiger partial charge on any atom is -0.376 e. The molecule has 1 aliphatic heterocycles. The Bertz CT molecular complexity index is 403. The maximum atomic E-state index is 11.6. The van der Waals surface area contributed by atoms with Crippen molar-refractivity contribution in [2.24, 2.45) is 0 Å². The summed E-state index contributed by atoms with van der Waals surface area (Å²) in [5.41, 5.74) is 1.97. The molecular weight excluding hydrogens is 230 g/mol. The zero-order valence-corrected chi connectivity index (χ0v) is 10.6. The molecule has 0 spiro atoms. The van der Waals surface area contributed by atoms with E-state index >= 15 is 0 Å². The highest BCUT2D eigenvalue weighted by atomic mass is 16.5. The number of hydrogen-bond donors (Lipinski definition) is 2. The first-order valence-electron chi connectivity index (χ1n) is 6.29. The van der Waals surface area contributed by atoms with E-state index in [0.717, 1.165) is 30.7 Å². The number of carbonyl (C=O) groups excluding carboxylic acids is 1. The molecule has 0 saturated carbocycles. The largest absolute Gasteiger partial charge is 0.376 e. The number of amides is 2. The van der Waals surface area contributed by atoms with Crippen molar-refractivity contribution in [3.05, 3.63) is 29.6 Å². The summed E-state index contributed by atoms with van der Waals surface area (Å²) in [7, 11) is 0. The molecule has 2 N–H and O–H groups in total. The van der Waals surface area contributed by atoms with Crippen LogP contribution in [0.15, 0.2) is 18.3 Å². The summed E-state index contributed by atoms with van der Waals surface area (Å²) in [6.07, 6.45) is 4.04. The van der Waals surface area contributed by atoms with Crippen molar-refractivity contribution < 1.29 is 9.53 Å². The molecule has 2 rings (SSSR count). The summed E-state index contributed by atoms with van der Waals surface area (Å²) >= 11 is 0. The Labute approximate surface area is 107 Å². The zero-order chi connectivity index (χ0) is 12.8. The van der Waals surface area contributed by atoms with Crippen LogP contribution in [0.2, 0.25) is 0 Å². The van der Waals surface area contributed by atoms with Crippen molar-refractivity contribution in [2.75, 3.05) is 13.2 Å². The Balaban J connectivity index is 1.69. The molecular formula is C13H19N3O2. The quantitative estimate of drug-likeness (QED) is 0.847. The number of pyridine rings is 1. The lowest BCUT2D eigenvalue weighted by molar-refractivity contribution is 0.111. The highest BCUT2D eigenvalue weighted by Crippen LogP contribution is 2.10. The number of ether oxygens (including phenoxy) is 1. The maximum Gasteiger partial charge on any atom is 0.315 e. The number of rotatable bonds is 4. The van der Waals surface area contributed by atoms with E-state index < -0.39 is 0 Å². The summed E-state index contributed by atoms with van der Waals surface area (Å²) in [5.74, 6) is 0. The first-order valence-corrected chi connectivity index (χ1v) is 6.29. The van der Waals surface area contributed by atoms with E-state index in [4.69, 9.17) is 4.74 Å². The Morgan fingerprint density at radius 1 is 1.56 bits per heavy atom. The third-order valence-corrected chi connectivity index (χ3v) is 3.07. The zero-order valence-electron chi connectivity index (χ0n) is 10.6. The van der Waals surface area contributed by atoms with Gasteiger partial charge in [0.1, 0.15) is 0 Å². The molecule has 1 aromatic heterocycles. The smallest absolute Gasteiger partial charge is 0.315 e. The van der Waals surface area contributed by atoms with Gasteiger partial charge in [0.2, 0.25) is 0 Å². The molecule has 1 saturated heterocycles. The highest BCUT2D eigenvalue weighted by molar-refractivity contribution is 5.73. The second-order valence-electron chi connectivity index (χ2n) is 4.45. The molecule has 5 heteroatoms. The lowest BCUT2D eigenvalue weighted by atomic mass is 10.2. The fraction of sp³-hybridized carbons (Fsp3) is 0.538. The monoisotopic (exact) mass is 249 g/mol. The SMILES string of the molecule is Cc1ncccc1CNC(=O)NCC1CCCO1. The molecule has 0 bridgehead atoms. The fourth-order valence-corrected chi connectivity index (χ4v) is 1.95. The first kappa shape index (κ1) is 12.8. The van der Waals surface area contributed by atoms with Gasteiger partial charge in [0.25, 0.3) is 0 Å². The van der Waals surface area contributed by atoms with Crippen LogP contribution in [0.5, 0.6) is 0 Å². The second-order valence-corrected chi connectivity index (χ2v) is 4.45. The van der Waals surface area contributed by atoms with Crippen LogP contribution in [0, 0.1) is 6.92 Å². The normalized spacial score (nSPS) is 18.6. The molecule has 0 aromatic carbocycles. The summed E-state index contributed by atoms with van der Waals surface area (Å²) in [6.45, 7) is 3.82.